The first-order valence-corrected chi connectivity index (χ1v) is 5.14. The zero-order valence-corrected chi connectivity index (χ0v) is 9.24. The molecule has 0 aromatic rings. The zero-order valence-electron chi connectivity index (χ0n) is 9.24. The van der Waals surface area contributed by atoms with Gasteiger partial charge < -0.3 is 4.74 Å². The molecular formula is C11H15NO3. The molecule has 2 aliphatic rings. The van der Waals surface area contributed by atoms with Gasteiger partial charge in [-0.3, -0.25) is 9.69 Å². The van der Waals surface area contributed by atoms with Gasteiger partial charge in [0, 0.05) is 13.5 Å². The second-order valence-electron chi connectivity index (χ2n) is 4.39. The molecule has 2 amide bonds. The highest BCUT2D eigenvalue weighted by Gasteiger charge is 2.43. The Bertz CT molecular complexity index is 359. The lowest BCUT2D eigenvalue weighted by molar-refractivity contribution is -0.143. The van der Waals surface area contributed by atoms with Crippen LogP contribution in [0.2, 0.25) is 0 Å². The van der Waals surface area contributed by atoms with E-state index in [1.807, 2.05) is 13.8 Å². The summed E-state index contributed by atoms with van der Waals surface area (Å²) < 4.78 is 5.22. The molecule has 0 bridgehead atoms. The molecule has 1 aliphatic heterocycles. The van der Waals surface area contributed by atoms with Gasteiger partial charge in [-0.1, -0.05) is 11.1 Å². The third-order valence-corrected chi connectivity index (χ3v) is 3.38. The van der Waals surface area contributed by atoms with Crippen LogP contribution in [-0.4, -0.2) is 30.1 Å². The molecule has 1 saturated heterocycles. The molecule has 4 heteroatoms. The minimum atomic E-state index is -0.520. The number of rotatable bonds is 0. The molecule has 4 nitrogen and oxygen atoms in total. The van der Waals surface area contributed by atoms with Crippen molar-refractivity contribution in [3.63, 3.8) is 0 Å². The Morgan fingerprint density at radius 1 is 1.20 bits per heavy atom. The Hall–Kier alpha value is -1.32. The van der Waals surface area contributed by atoms with Gasteiger partial charge in [0.15, 0.2) is 0 Å². The minimum Gasteiger partial charge on any atom is -0.445 e. The average molecular weight is 209 g/mol. The summed E-state index contributed by atoms with van der Waals surface area (Å²) in [6, 6.07) is 0. The first-order chi connectivity index (χ1) is 7.00. The third-order valence-electron chi connectivity index (χ3n) is 3.38. The Labute approximate surface area is 88.9 Å². The number of hydrogen-bond acceptors (Lipinski definition) is 3. The molecule has 15 heavy (non-hydrogen) atoms. The second-order valence-corrected chi connectivity index (χ2v) is 4.39. The maximum absolute atomic E-state index is 11.8. The lowest BCUT2D eigenvalue weighted by Gasteiger charge is -2.38. The molecule has 2 unspecified atom stereocenters. The molecule has 1 aliphatic carbocycles. The van der Waals surface area contributed by atoms with Crippen LogP contribution in [-0.2, 0) is 9.53 Å². The summed E-state index contributed by atoms with van der Waals surface area (Å²) in [6.07, 6.45) is 0.646. The van der Waals surface area contributed by atoms with E-state index < -0.39 is 6.09 Å². The summed E-state index contributed by atoms with van der Waals surface area (Å²) in [5.74, 6) is -0.278. The largest absolute Gasteiger partial charge is 0.445 e. The van der Waals surface area contributed by atoms with Gasteiger partial charge in [0.2, 0.25) is 5.91 Å². The quantitative estimate of drug-likeness (QED) is 0.570. The third kappa shape index (κ3) is 1.54. The number of hydrogen-bond donors (Lipinski definition) is 0. The Morgan fingerprint density at radius 3 is 2.47 bits per heavy atom. The molecule has 2 rings (SSSR count). The van der Waals surface area contributed by atoms with Crippen LogP contribution in [0.25, 0.3) is 0 Å². The molecule has 2 atom stereocenters. The van der Waals surface area contributed by atoms with Crippen LogP contribution in [0.15, 0.2) is 11.1 Å². The van der Waals surface area contributed by atoms with Gasteiger partial charge >= 0.3 is 6.09 Å². The van der Waals surface area contributed by atoms with Crippen LogP contribution in [0.1, 0.15) is 26.7 Å². The summed E-state index contributed by atoms with van der Waals surface area (Å²) in [6.45, 7) is 4.07. The van der Waals surface area contributed by atoms with Gasteiger partial charge in [0.1, 0.15) is 6.10 Å². The van der Waals surface area contributed by atoms with Crippen LogP contribution >= 0.6 is 0 Å². The summed E-state index contributed by atoms with van der Waals surface area (Å²) in [5, 5.41) is 0. The molecule has 1 fully saturated rings. The van der Waals surface area contributed by atoms with Crippen molar-refractivity contribution in [1.82, 2.24) is 4.90 Å². The Balaban J connectivity index is 2.27. The van der Waals surface area contributed by atoms with Crippen LogP contribution in [0.3, 0.4) is 0 Å². The predicted molar refractivity (Wildman–Crippen MR) is 54.1 cm³/mol. The van der Waals surface area contributed by atoms with Crippen LogP contribution in [0.5, 0.6) is 0 Å². The van der Waals surface area contributed by atoms with Gasteiger partial charge in [-0.25, -0.2) is 4.79 Å². The first-order valence-electron chi connectivity index (χ1n) is 5.14. The molecule has 0 saturated carbocycles. The van der Waals surface area contributed by atoms with E-state index in [0.29, 0.717) is 12.8 Å². The fourth-order valence-electron chi connectivity index (χ4n) is 2.17. The molecule has 0 aromatic carbocycles. The van der Waals surface area contributed by atoms with Crippen molar-refractivity contribution < 1.29 is 14.3 Å². The van der Waals surface area contributed by atoms with Gasteiger partial charge in [0.25, 0.3) is 0 Å². The average Bonchev–Trinajstić information content (AvgIpc) is 2.19. The normalized spacial score (nSPS) is 31.5. The van der Waals surface area contributed by atoms with Gasteiger partial charge in [-0.05, 0) is 20.3 Å². The van der Waals surface area contributed by atoms with E-state index in [-0.39, 0.29) is 17.9 Å². The van der Waals surface area contributed by atoms with Crippen molar-refractivity contribution in [2.45, 2.75) is 32.8 Å². The summed E-state index contributed by atoms with van der Waals surface area (Å²) >= 11 is 0. The topological polar surface area (TPSA) is 46.6 Å². The fraction of sp³-hybridized carbons (Fsp3) is 0.636. The first kappa shape index (κ1) is 10.2. The van der Waals surface area contributed by atoms with E-state index in [1.165, 1.54) is 18.2 Å². The number of nitrogens with zero attached hydrogens (tertiary/aromatic N) is 1. The van der Waals surface area contributed by atoms with Gasteiger partial charge in [-0.2, -0.15) is 0 Å². The number of carbonyl (C=O) groups excluding carboxylic acids is 2. The zero-order chi connectivity index (χ0) is 11.2. The molecule has 1 heterocycles. The second kappa shape index (κ2) is 3.36. The van der Waals surface area contributed by atoms with Crippen molar-refractivity contribution in [3.05, 3.63) is 11.1 Å². The summed E-state index contributed by atoms with van der Waals surface area (Å²) in [5.41, 5.74) is 2.48. The van der Waals surface area contributed by atoms with Crippen LogP contribution < -0.4 is 0 Å². The van der Waals surface area contributed by atoms with Crippen molar-refractivity contribution in [2.75, 3.05) is 7.05 Å². The highest BCUT2D eigenvalue weighted by molar-refractivity contribution is 5.95. The molecule has 0 N–H and O–H groups in total. The number of allylic oxidation sites excluding steroid dienone is 1. The lowest BCUT2D eigenvalue weighted by atomic mass is 9.81. The van der Waals surface area contributed by atoms with E-state index in [1.54, 1.807) is 0 Å². The number of carbonyl (C=O) groups is 2. The monoisotopic (exact) mass is 209 g/mol. The number of fused-ring (bicyclic) bond motifs is 1. The molecule has 0 spiro atoms. The summed E-state index contributed by atoms with van der Waals surface area (Å²) in [4.78, 5) is 24.2. The predicted octanol–water partition coefficient (Wildman–Crippen LogP) is 1.71. The number of ether oxygens (including phenoxy) is 1. The van der Waals surface area contributed by atoms with E-state index in [4.69, 9.17) is 4.74 Å². The molecule has 82 valence electrons. The smallest absolute Gasteiger partial charge is 0.416 e. The number of imide groups is 1. The Kier molecular flexibility index (Phi) is 2.29. The van der Waals surface area contributed by atoms with E-state index in [9.17, 15) is 9.59 Å². The SMILES string of the molecule is CC1=C(C)CC2C(=O)N(C)C(=O)OC2C1. The van der Waals surface area contributed by atoms with Crippen molar-refractivity contribution in [2.24, 2.45) is 5.92 Å². The highest BCUT2D eigenvalue weighted by Crippen LogP contribution is 2.35. The van der Waals surface area contributed by atoms with E-state index in [0.717, 1.165) is 4.90 Å². The van der Waals surface area contributed by atoms with Crippen molar-refractivity contribution in [3.8, 4) is 0 Å². The maximum atomic E-state index is 11.8. The lowest BCUT2D eigenvalue weighted by Crippen LogP contribution is -2.51. The van der Waals surface area contributed by atoms with E-state index >= 15 is 0 Å². The van der Waals surface area contributed by atoms with Gasteiger partial charge in [0.05, 0.1) is 5.92 Å². The minimum absolute atomic E-state index is 0.108. The number of amides is 2. The van der Waals surface area contributed by atoms with Crippen LogP contribution in [0, 0.1) is 5.92 Å². The van der Waals surface area contributed by atoms with Crippen LogP contribution in [0.4, 0.5) is 4.79 Å². The fourth-order valence-corrected chi connectivity index (χ4v) is 2.17. The van der Waals surface area contributed by atoms with Crippen molar-refractivity contribution >= 4 is 12.0 Å². The molecule has 0 aromatic heterocycles. The maximum Gasteiger partial charge on any atom is 0.416 e. The van der Waals surface area contributed by atoms with Crippen molar-refractivity contribution in [1.29, 1.82) is 0 Å². The molecule has 0 radical (unpaired) electrons. The molecular weight excluding hydrogens is 194 g/mol. The Morgan fingerprint density at radius 2 is 1.80 bits per heavy atom. The van der Waals surface area contributed by atoms with Gasteiger partial charge in [-0.15, -0.1) is 0 Å². The standard InChI is InChI=1S/C11H15NO3/c1-6-4-8-9(5-7(6)2)15-11(14)12(3)10(8)13/h8-9H,4-5H2,1-3H3. The van der Waals surface area contributed by atoms with E-state index in [2.05, 4.69) is 0 Å². The highest BCUT2D eigenvalue weighted by atomic mass is 16.6. The summed E-state index contributed by atoms with van der Waals surface area (Å²) in [7, 11) is 1.47.